The second-order valence-electron chi connectivity index (χ2n) is 10.0. The standard InChI is InChI=1S/C38H27N5/c1-2-3-4-5-17-36-40-37(42-38(41-36)33-14-10-11-26-39-33)29-20-18-27(19-21-29)28-22-24-30(25-23-28)43-34-15-8-6-12-31(34)32-13-7-9-16-35(32)43/h2-26H,1H2/b4-3-,17-5+. The van der Waals surface area contributed by atoms with Gasteiger partial charge in [0.15, 0.2) is 17.5 Å². The minimum atomic E-state index is 0.530. The molecule has 0 aliphatic rings. The van der Waals surface area contributed by atoms with E-state index in [1.807, 2.05) is 42.5 Å². The zero-order valence-corrected chi connectivity index (χ0v) is 23.4. The Morgan fingerprint density at radius 2 is 1.14 bits per heavy atom. The van der Waals surface area contributed by atoms with Gasteiger partial charge in [-0.25, -0.2) is 15.0 Å². The first kappa shape index (κ1) is 26.0. The normalized spacial score (nSPS) is 11.6. The number of para-hydroxylation sites is 2. The van der Waals surface area contributed by atoms with E-state index in [2.05, 4.69) is 118 Å². The molecule has 0 fully saturated rings. The van der Waals surface area contributed by atoms with Crippen LogP contribution in [-0.2, 0) is 0 Å². The molecular formula is C38H27N5. The number of fused-ring (bicyclic) bond motifs is 3. The van der Waals surface area contributed by atoms with Gasteiger partial charge in [-0.05, 0) is 53.6 Å². The summed E-state index contributed by atoms with van der Waals surface area (Å²) in [6.45, 7) is 3.71. The molecule has 7 rings (SSSR count). The molecule has 0 saturated carbocycles. The van der Waals surface area contributed by atoms with Crippen LogP contribution >= 0.6 is 0 Å². The van der Waals surface area contributed by atoms with Crippen LogP contribution in [0.15, 0.2) is 152 Å². The van der Waals surface area contributed by atoms with E-state index in [0.717, 1.165) is 22.4 Å². The Balaban J connectivity index is 1.21. The maximum Gasteiger partial charge on any atom is 0.182 e. The Kier molecular flexibility index (Phi) is 6.96. The molecule has 0 saturated heterocycles. The van der Waals surface area contributed by atoms with Crippen LogP contribution in [0.4, 0.5) is 0 Å². The largest absolute Gasteiger partial charge is 0.309 e. The van der Waals surface area contributed by atoms with Gasteiger partial charge in [0, 0.05) is 28.2 Å². The first-order chi connectivity index (χ1) is 21.3. The average Bonchev–Trinajstić information content (AvgIpc) is 3.42. The summed E-state index contributed by atoms with van der Waals surface area (Å²) in [5, 5.41) is 2.52. The smallest absolute Gasteiger partial charge is 0.182 e. The van der Waals surface area contributed by atoms with Crippen molar-refractivity contribution in [1.82, 2.24) is 24.5 Å². The molecule has 4 aromatic carbocycles. The third kappa shape index (κ3) is 5.16. The quantitative estimate of drug-likeness (QED) is 0.185. The number of allylic oxidation sites excluding steroid dienone is 4. The molecule has 0 bridgehead atoms. The first-order valence-electron chi connectivity index (χ1n) is 14.1. The Hall–Kier alpha value is -5.94. The number of hydrogen-bond acceptors (Lipinski definition) is 4. The number of benzene rings is 4. The molecule has 0 N–H and O–H groups in total. The summed E-state index contributed by atoms with van der Waals surface area (Å²) in [6, 6.07) is 39.9. The van der Waals surface area contributed by atoms with Crippen molar-refractivity contribution in [2.75, 3.05) is 0 Å². The molecule has 5 nitrogen and oxygen atoms in total. The van der Waals surface area contributed by atoms with Crippen LogP contribution in [0.5, 0.6) is 0 Å². The lowest BCUT2D eigenvalue weighted by Gasteiger charge is -2.10. The molecule has 5 heteroatoms. The van der Waals surface area contributed by atoms with Crippen molar-refractivity contribution in [2.45, 2.75) is 0 Å². The highest BCUT2D eigenvalue weighted by molar-refractivity contribution is 6.09. The van der Waals surface area contributed by atoms with Crippen LogP contribution in [-0.4, -0.2) is 24.5 Å². The first-order valence-corrected chi connectivity index (χ1v) is 14.1. The van der Waals surface area contributed by atoms with E-state index in [-0.39, 0.29) is 0 Å². The Bertz CT molecular complexity index is 2070. The van der Waals surface area contributed by atoms with Crippen molar-refractivity contribution in [3.63, 3.8) is 0 Å². The highest BCUT2D eigenvalue weighted by Crippen LogP contribution is 2.33. The van der Waals surface area contributed by atoms with Gasteiger partial charge < -0.3 is 4.57 Å². The van der Waals surface area contributed by atoms with Crippen LogP contribution in [0.1, 0.15) is 5.82 Å². The van der Waals surface area contributed by atoms with E-state index < -0.39 is 0 Å². The second kappa shape index (κ2) is 11.5. The predicted molar refractivity (Wildman–Crippen MR) is 177 cm³/mol. The number of nitrogens with zero attached hydrogens (tertiary/aromatic N) is 5. The van der Waals surface area contributed by atoms with Gasteiger partial charge in [0.1, 0.15) is 5.69 Å². The molecular weight excluding hydrogens is 526 g/mol. The highest BCUT2D eigenvalue weighted by Gasteiger charge is 2.13. The van der Waals surface area contributed by atoms with Crippen molar-refractivity contribution >= 4 is 27.9 Å². The molecule has 0 radical (unpaired) electrons. The van der Waals surface area contributed by atoms with Gasteiger partial charge in [0.05, 0.1) is 11.0 Å². The van der Waals surface area contributed by atoms with Crippen LogP contribution < -0.4 is 0 Å². The lowest BCUT2D eigenvalue weighted by Crippen LogP contribution is -2.00. The minimum Gasteiger partial charge on any atom is -0.309 e. The lowest BCUT2D eigenvalue weighted by molar-refractivity contribution is 1.03. The van der Waals surface area contributed by atoms with Crippen LogP contribution in [0.2, 0.25) is 0 Å². The second-order valence-corrected chi connectivity index (χ2v) is 10.0. The van der Waals surface area contributed by atoms with E-state index in [9.17, 15) is 0 Å². The third-order valence-corrected chi connectivity index (χ3v) is 7.33. The van der Waals surface area contributed by atoms with E-state index in [4.69, 9.17) is 9.97 Å². The maximum atomic E-state index is 4.75. The van der Waals surface area contributed by atoms with Gasteiger partial charge in [-0.2, -0.15) is 0 Å². The van der Waals surface area contributed by atoms with Crippen molar-refractivity contribution in [1.29, 1.82) is 0 Å². The molecule has 204 valence electrons. The maximum absolute atomic E-state index is 4.75. The molecule has 0 unspecified atom stereocenters. The predicted octanol–water partition coefficient (Wildman–Crippen LogP) is 9.12. The highest BCUT2D eigenvalue weighted by atomic mass is 15.0. The summed E-state index contributed by atoms with van der Waals surface area (Å²) in [5.74, 6) is 1.68. The van der Waals surface area contributed by atoms with Crippen LogP contribution in [0.25, 0.3) is 67.6 Å². The third-order valence-electron chi connectivity index (χ3n) is 7.33. The van der Waals surface area contributed by atoms with Gasteiger partial charge in [-0.3, -0.25) is 4.98 Å². The summed E-state index contributed by atoms with van der Waals surface area (Å²) in [6.07, 6.45) is 10.9. The summed E-state index contributed by atoms with van der Waals surface area (Å²) < 4.78 is 2.33. The van der Waals surface area contributed by atoms with Crippen molar-refractivity contribution in [3.8, 4) is 39.7 Å². The molecule has 3 aromatic heterocycles. The van der Waals surface area contributed by atoms with E-state index in [1.165, 1.54) is 21.8 Å². The topological polar surface area (TPSA) is 56.5 Å². The van der Waals surface area contributed by atoms with Gasteiger partial charge in [-0.15, -0.1) is 0 Å². The molecule has 3 heterocycles. The molecule has 43 heavy (non-hydrogen) atoms. The summed E-state index contributed by atoms with van der Waals surface area (Å²) in [4.78, 5) is 18.5. The van der Waals surface area contributed by atoms with Crippen molar-refractivity contribution in [3.05, 3.63) is 158 Å². The molecule has 0 aliphatic carbocycles. The number of hydrogen-bond donors (Lipinski definition) is 0. The van der Waals surface area contributed by atoms with E-state index in [0.29, 0.717) is 23.2 Å². The molecule has 7 aromatic rings. The fourth-order valence-corrected chi connectivity index (χ4v) is 5.31. The number of aromatic nitrogens is 5. The Morgan fingerprint density at radius 3 is 1.79 bits per heavy atom. The minimum absolute atomic E-state index is 0.530. The van der Waals surface area contributed by atoms with Gasteiger partial charge in [0.25, 0.3) is 0 Å². The van der Waals surface area contributed by atoms with Gasteiger partial charge in [0.2, 0.25) is 0 Å². The van der Waals surface area contributed by atoms with E-state index in [1.54, 1.807) is 12.3 Å². The van der Waals surface area contributed by atoms with E-state index >= 15 is 0 Å². The zero-order valence-electron chi connectivity index (χ0n) is 23.4. The summed E-state index contributed by atoms with van der Waals surface area (Å²) in [5.41, 5.74) is 7.39. The SMILES string of the molecule is C=C/C=C\C=C\c1nc(-c2ccc(-c3ccc(-n4c5ccccc5c5ccccc54)cc3)cc2)nc(-c2ccccn2)n1. The summed E-state index contributed by atoms with van der Waals surface area (Å²) in [7, 11) is 0. The number of rotatable bonds is 7. The fraction of sp³-hybridized carbons (Fsp3) is 0. The molecule has 0 aliphatic heterocycles. The summed E-state index contributed by atoms with van der Waals surface area (Å²) >= 11 is 0. The fourth-order valence-electron chi connectivity index (χ4n) is 5.31. The van der Waals surface area contributed by atoms with Crippen LogP contribution in [0, 0.1) is 0 Å². The van der Waals surface area contributed by atoms with Crippen molar-refractivity contribution in [2.24, 2.45) is 0 Å². The lowest BCUT2D eigenvalue weighted by atomic mass is 10.0. The monoisotopic (exact) mass is 553 g/mol. The molecule has 0 amide bonds. The Labute approximate surface area is 249 Å². The molecule has 0 atom stereocenters. The van der Waals surface area contributed by atoms with Crippen LogP contribution in [0.3, 0.4) is 0 Å². The van der Waals surface area contributed by atoms with Gasteiger partial charge >= 0.3 is 0 Å². The molecule has 0 spiro atoms. The average molecular weight is 554 g/mol. The number of pyridine rings is 1. The Morgan fingerprint density at radius 1 is 0.535 bits per heavy atom. The van der Waals surface area contributed by atoms with Gasteiger partial charge in [-0.1, -0.05) is 110 Å². The van der Waals surface area contributed by atoms with Crippen molar-refractivity contribution < 1.29 is 0 Å². The zero-order chi connectivity index (χ0) is 29.0.